The van der Waals surface area contributed by atoms with E-state index in [4.69, 9.17) is 0 Å². The van der Waals surface area contributed by atoms with E-state index in [2.05, 4.69) is 72.0 Å². The summed E-state index contributed by atoms with van der Waals surface area (Å²) >= 11 is 3.75. The van der Waals surface area contributed by atoms with Crippen LogP contribution in [-0.4, -0.2) is 24.5 Å². The van der Waals surface area contributed by atoms with Gasteiger partial charge in [0.15, 0.2) is 0 Å². The Balaban J connectivity index is 1.90. The number of likely N-dealkylation sites (tertiary alicyclic amines) is 1. The average Bonchev–Trinajstić information content (AvgIpc) is 2.72. The molecule has 0 amide bonds. The molecular formula is C18H29BrN2. The van der Waals surface area contributed by atoms with Crippen LogP contribution in [0.15, 0.2) is 22.7 Å². The zero-order valence-corrected chi connectivity index (χ0v) is 15.5. The zero-order valence-electron chi connectivity index (χ0n) is 13.9. The van der Waals surface area contributed by atoms with Gasteiger partial charge in [-0.05, 0) is 48.0 Å². The Morgan fingerprint density at radius 2 is 2.10 bits per heavy atom. The molecule has 1 aromatic rings. The van der Waals surface area contributed by atoms with Crippen molar-refractivity contribution >= 4 is 15.9 Å². The summed E-state index contributed by atoms with van der Waals surface area (Å²) in [7, 11) is 0. The molecule has 1 aliphatic rings. The summed E-state index contributed by atoms with van der Waals surface area (Å²) in [6.07, 6.45) is 1.31. The van der Waals surface area contributed by atoms with Crippen molar-refractivity contribution in [2.45, 2.75) is 47.2 Å². The molecule has 0 atom stereocenters. The zero-order chi connectivity index (χ0) is 15.5. The normalized spacial score (nSPS) is 18.6. The number of rotatable bonds is 6. The number of nitrogens with zero attached hydrogens (tertiary/aromatic N) is 1. The lowest BCUT2D eigenvalue weighted by Crippen LogP contribution is -2.23. The third kappa shape index (κ3) is 5.39. The van der Waals surface area contributed by atoms with Gasteiger partial charge in [0.05, 0.1) is 0 Å². The van der Waals surface area contributed by atoms with Crippen LogP contribution in [0.3, 0.4) is 0 Å². The second kappa shape index (κ2) is 7.26. The number of benzene rings is 1. The summed E-state index contributed by atoms with van der Waals surface area (Å²) in [5.74, 6) is 0.700. The maximum Gasteiger partial charge on any atom is 0.0245 e. The Morgan fingerprint density at radius 1 is 1.33 bits per heavy atom. The molecule has 21 heavy (non-hydrogen) atoms. The molecule has 118 valence electrons. The Bertz CT molecular complexity index is 468. The topological polar surface area (TPSA) is 15.3 Å². The molecular weight excluding hydrogens is 324 g/mol. The third-order valence-electron chi connectivity index (χ3n) is 4.15. The first-order valence-corrected chi connectivity index (χ1v) is 8.85. The van der Waals surface area contributed by atoms with Crippen LogP contribution >= 0.6 is 15.9 Å². The monoisotopic (exact) mass is 352 g/mol. The van der Waals surface area contributed by atoms with E-state index in [-0.39, 0.29) is 0 Å². The summed E-state index contributed by atoms with van der Waals surface area (Å²) < 4.78 is 1.25. The molecule has 2 nitrogen and oxygen atoms in total. The highest BCUT2D eigenvalue weighted by Gasteiger charge is 2.29. The molecule has 1 aromatic carbocycles. The highest BCUT2D eigenvalue weighted by atomic mass is 79.9. The summed E-state index contributed by atoms with van der Waals surface area (Å²) in [6.45, 7) is 14.7. The second-order valence-corrected chi connectivity index (χ2v) is 8.43. The fourth-order valence-electron chi connectivity index (χ4n) is 2.93. The molecule has 0 saturated carbocycles. The number of hydrogen-bond donors (Lipinski definition) is 1. The maximum absolute atomic E-state index is 3.75. The summed E-state index contributed by atoms with van der Waals surface area (Å²) in [6, 6.07) is 6.81. The van der Waals surface area contributed by atoms with Crippen LogP contribution < -0.4 is 5.32 Å². The van der Waals surface area contributed by atoms with Crippen molar-refractivity contribution in [3.8, 4) is 0 Å². The first-order valence-electron chi connectivity index (χ1n) is 8.06. The smallest absolute Gasteiger partial charge is 0.0245 e. The molecule has 0 aliphatic carbocycles. The fourth-order valence-corrected chi connectivity index (χ4v) is 3.49. The van der Waals surface area contributed by atoms with Crippen molar-refractivity contribution in [2.75, 3.05) is 19.6 Å². The van der Waals surface area contributed by atoms with Gasteiger partial charge in [-0.1, -0.05) is 55.8 Å². The van der Waals surface area contributed by atoms with Gasteiger partial charge in [-0.3, -0.25) is 4.90 Å². The lowest BCUT2D eigenvalue weighted by atomic mass is 9.93. The predicted molar refractivity (Wildman–Crippen MR) is 94.4 cm³/mol. The molecule has 0 radical (unpaired) electrons. The maximum atomic E-state index is 3.75. The van der Waals surface area contributed by atoms with Crippen molar-refractivity contribution in [1.82, 2.24) is 10.2 Å². The molecule has 1 saturated heterocycles. The molecule has 1 aliphatic heterocycles. The van der Waals surface area contributed by atoms with E-state index in [1.165, 1.54) is 35.1 Å². The number of nitrogens with one attached hydrogen (secondary N) is 1. The van der Waals surface area contributed by atoms with E-state index in [0.29, 0.717) is 11.3 Å². The van der Waals surface area contributed by atoms with Crippen LogP contribution in [0.4, 0.5) is 0 Å². The van der Waals surface area contributed by atoms with Gasteiger partial charge in [0.2, 0.25) is 0 Å². The van der Waals surface area contributed by atoms with Gasteiger partial charge in [-0.25, -0.2) is 0 Å². The first-order chi connectivity index (χ1) is 9.85. The molecule has 2 rings (SSSR count). The fraction of sp³-hybridized carbons (Fsp3) is 0.667. The van der Waals surface area contributed by atoms with Gasteiger partial charge in [-0.2, -0.15) is 0 Å². The van der Waals surface area contributed by atoms with Crippen LogP contribution in [0.1, 0.15) is 45.2 Å². The van der Waals surface area contributed by atoms with Crippen molar-refractivity contribution in [3.63, 3.8) is 0 Å². The van der Waals surface area contributed by atoms with Gasteiger partial charge < -0.3 is 5.32 Å². The summed E-state index contributed by atoms with van der Waals surface area (Å²) in [4.78, 5) is 2.57. The van der Waals surface area contributed by atoms with Crippen LogP contribution in [0, 0.1) is 11.3 Å². The van der Waals surface area contributed by atoms with Crippen molar-refractivity contribution in [1.29, 1.82) is 0 Å². The van der Waals surface area contributed by atoms with E-state index in [1.807, 2.05) is 0 Å². The van der Waals surface area contributed by atoms with Crippen LogP contribution in [0.2, 0.25) is 0 Å². The highest BCUT2D eigenvalue weighted by Crippen LogP contribution is 2.31. The molecule has 0 spiro atoms. The van der Waals surface area contributed by atoms with Gasteiger partial charge in [0, 0.05) is 24.1 Å². The van der Waals surface area contributed by atoms with Crippen LogP contribution in [0.25, 0.3) is 0 Å². The molecule has 0 aromatic heterocycles. The summed E-state index contributed by atoms with van der Waals surface area (Å²) in [5, 5.41) is 3.50. The third-order valence-corrected chi connectivity index (χ3v) is 4.89. The molecule has 0 unspecified atom stereocenters. The van der Waals surface area contributed by atoms with Gasteiger partial charge in [-0.15, -0.1) is 0 Å². The van der Waals surface area contributed by atoms with E-state index in [1.54, 1.807) is 0 Å². The van der Waals surface area contributed by atoms with E-state index >= 15 is 0 Å². The Morgan fingerprint density at radius 3 is 2.67 bits per heavy atom. The molecule has 0 bridgehead atoms. The van der Waals surface area contributed by atoms with Crippen molar-refractivity contribution in [2.24, 2.45) is 11.3 Å². The van der Waals surface area contributed by atoms with E-state index in [0.717, 1.165) is 19.6 Å². The predicted octanol–water partition coefficient (Wildman–Crippen LogP) is 4.43. The highest BCUT2D eigenvalue weighted by molar-refractivity contribution is 9.10. The minimum Gasteiger partial charge on any atom is -0.312 e. The quantitative estimate of drug-likeness (QED) is 0.814. The van der Waals surface area contributed by atoms with Crippen LogP contribution in [0.5, 0.6) is 0 Å². The molecule has 1 heterocycles. The number of hydrogen-bond acceptors (Lipinski definition) is 2. The second-order valence-electron chi connectivity index (χ2n) is 7.58. The van der Waals surface area contributed by atoms with E-state index < -0.39 is 0 Å². The lowest BCUT2D eigenvalue weighted by Gasteiger charge is -2.20. The van der Waals surface area contributed by atoms with Gasteiger partial charge in [0.25, 0.3) is 0 Å². The Labute approximate surface area is 138 Å². The standard InChI is InChI=1S/C18H29BrN2/c1-14(2)10-20-11-15-5-6-16(17(19)9-15)12-21-8-7-18(3,4)13-21/h5-6,9,14,20H,7-8,10-13H2,1-4H3. The largest absolute Gasteiger partial charge is 0.312 e. The lowest BCUT2D eigenvalue weighted by molar-refractivity contribution is 0.284. The molecule has 1 fully saturated rings. The minimum atomic E-state index is 0.479. The minimum absolute atomic E-state index is 0.479. The van der Waals surface area contributed by atoms with Gasteiger partial charge >= 0.3 is 0 Å². The van der Waals surface area contributed by atoms with Crippen molar-refractivity contribution in [3.05, 3.63) is 33.8 Å². The average molecular weight is 353 g/mol. The first kappa shape index (κ1) is 17.0. The van der Waals surface area contributed by atoms with Crippen LogP contribution in [-0.2, 0) is 13.1 Å². The SMILES string of the molecule is CC(C)CNCc1ccc(CN2CCC(C)(C)C2)c(Br)c1. The molecule has 3 heteroatoms. The Kier molecular flexibility index (Phi) is 5.87. The van der Waals surface area contributed by atoms with Gasteiger partial charge in [0.1, 0.15) is 0 Å². The molecule has 1 N–H and O–H groups in total. The van der Waals surface area contributed by atoms with Crippen molar-refractivity contribution < 1.29 is 0 Å². The number of halogens is 1. The summed E-state index contributed by atoms with van der Waals surface area (Å²) in [5.41, 5.74) is 3.24. The Hall–Kier alpha value is -0.380. The van der Waals surface area contributed by atoms with E-state index in [9.17, 15) is 0 Å².